The van der Waals surface area contributed by atoms with Crippen LogP contribution in [0.1, 0.15) is 42.1 Å². The van der Waals surface area contributed by atoms with Crippen molar-refractivity contribution in [3.8, 4) is 11.5 Å². The van der Waals surface area contributed by atoms with Gasteiger partial charge in [0.15, 0.2) is 12.3 Å². The van der Waals surface area contributed by atoms with Crippen molar-refractivity contribution in [2.24, 2.45) is 5.73 Å². The molecule has 3 rings (SSSR count). The van der Waals surface area contributed by atoms with Crippen molar-refractivity contribution in [2.75, 3.05) is 7.11 Å². The highest BCUT2D eigenvalue weighted by Gasteiger charge is 2.41. The highest BCUT2D eigenvalue weighted by molar-refractivity contribution is 5.97. The van der Waals surface area contributed by atoms with E-state index in [1.54, 1.807) is 31.4 Å². The van der Waals surface area contributed by atoms with Gasteiger partial charge < -0.3 is 24.9 Å². The fraction of sp³-hybridized carbons (Fsp3) is 0.389. The second-order valence-electron chi connectivity index (χ2n) is 6.20. The number of nitrogens with one attached hydrogen (secondary N) is 1. The summed E-state index contributed by atoms with van der Waals surface area (Å²) in [4.78, 5) is 28.2. The van der Waals surface area contributed by atoms with Gasteiger partial charge in [-0.2, -0.15) is 0 Å². The van der Waals surface area contributed by atoms with E-state index in [9.17, 15) is 9.59 Å². The second kappa shape index (κ2) is 7.47. The van der Waals surface area contributed by atoms with Gasteiger partial charge in [0.25, 0.3) is 5.91 Å². The minimum absolute atomic E-state index is 0.0570. The van der Waals surface area contributed by atoms with Gasteiger partial charge >= 0.3 is 0 Å². The molecule has 0 atom stereocenters. The van der Waals surface area contributed by atoms with Gasteiger partial charge in [0, 0.05) is 6.07 Å². The molecule has 1 aromatic carbocycles. The number of carbonyl (C=O) groups excluding carboxylic acids is 2. The molecule has 1 aromatic heterocycles. The number of carbonyl (C=O) groups is 2. The lowest BCUT2D eigenvalue weighted by Crippen LogP contribution is -2.55. The normalized spacial score (nSPS) is 15.4. The first-order chi connectivity index (χ1) is 12.5. The number of nitrogens with zero attached hydrogens (tertiary/aromatic N) is 1. The number of hydrogen-bond acceptors (Lipinski definition) is 6. The molecule has 0 bridgehead atoms. The van der Waals surface area contributed by atoms with E-state index < -0.39 is 17.4 Å². The molecule has 0 aliphatic heterocycles. The number of aromatic nitrogens is 1. The van der Waals surface area contributed by atoms with E-state index in [1.165, 1.54) is 6.26 Å². The van der Waals surface area contributed by atoms with E-state index in [-0.39, 0.29) is 18.2 Å². The maximum absolute atomic E-state index is 12.4. The summed E-state index contributed by atoms with van der Waals surface area (Å²) in [6.07, 6.45) is 4.02. The molecule has 1 fully saturated rings. The predicted molar refractivity (Wildman–Crippen MR) is 91.7 cm³/mol. The van der Waals surface area contributed by atoms with Crippen LogP contribution in [0.25, 0.3) is 0 Å². The monoisotopic (exact) mass is 359 g/mol. The zero-order chi connectivity index (χ0) is 18.6. The Labute approximate surface area is 150 Å². The number of oxazole rings is 1. The maximum Gasteiger partial charge on any atom is 0.274 e. The average Bonchev–Trinajstić information content (AvgIpc) is 3.30. The van der Waals surface area contributed by atoms with Gasteiger partial charge in [0.2, 0.25) is 11.8 Å². The quantitative estimate of drug-likeness (QED) is 0.778. The van der Waals surface area contributed by atoms with E-state index in [0.29, 0.717) is 24.3 Å². The molecule has 0 saturated heterocycles. The van der Waals surface area contributed by atoms with Crippen molar-refractivity contribution in [2.45, 2.75) is 37.8 Å². The molecular formula is C18H21N3O5. The number of benzene rings is 1. The van der Waals surface area contributed by atoms with Gasteiger partial charge in [0.05, 0.1) is 7.11 Å². The third-order valence-corrected chi connectivity index (χ3v) is 4.47. The van der Waals surface area contributed by atoms with Gasteiger partial charge in [-0.25, -0.2) is 4.98 Å². The van der Waals surface area contributed by atoms with Crippen LogP contribution in [0.15, 0.2) is 34.9 Å². The molecule has 2 aromatic rings. The molecule has 0 unspecified atom stereocenters. The Morgan fingerprint density at radius 3 is 2.73 bits per heavy atom. The third kappa shape index (κ3) is 3.79. The molecule has 1 saturated carbocycles. The molecule has 8 heteroatoms. The number of methoxy groups -OCH3 is 1. The van der Waals surface area contributed by atoms with Crippen molar-refractivity contribution in [3.05, 3.63) is 42.1 Å². The second-order valence-corrected chi connectivity index (χ2v) is 6.20. The van der Waals surface area contributed by atoms with Crippen LogP contribution in [0.2, 0.25) is 0 Å². The van der Waals surface area contributed by atoms with E-state index in [2.05, 4.69) is 10.3 Å². The molecule has 3 N–H and O–H groups in total. The summed E-state index contributed by atoms with van der Waals surface area (Å²) in [5.41, 5.74) is 4.56. The van der Waals surface area contributed by atoms with Crippen molar-refractivity contribution < 1.29 is 23.5 Å². The van der Waals surface area contributed by atoms with E-state index >= 15 is 0 Å². The van der Waals surface area contributed by atoms with E-state index in [4.69, 9.17) is 19.6 Å². The van der Waals surface area contributed by atoms with E-state index in [1.807, 2.05) is 0 Å². The molecule has 8 nitrogen and oxygen atoms in total. The van der Waals surface area contributed by atoms with Crippen molar-refractivity contribution in [1.29, 1.82) is 0 Å². The van der Waals surface area contributed by atoms with Crippen LogP contribution in [0.3, 0.4) is 0 Å². The fourth-order valence-electron chi connectivity index (χ4n) is 3.01. The molecular weight excluding hydrogens is 338 g/mol. The fourth-order valence-corrected chi connectivity index (χ4v) is 3.01. The zero-order valence-corrected chi connectivity index (χ0v) is 14.5. The Bertz CT molecular complexity index is 796. The first-order valence-electron chi connectivity index (χ1n) is 8.36. The lowest BCUT2D eigenvalue weighted by atomic mass is 9.96. The van der Waals surface area contributed by atoms with Gasteiger partial charge in [-0.3, -0.25) is 9.59 Å². The Morgan fingerprint density at radius 2 is 2.04 bits per heavy atom. The van der Waals surface area contributed by atoms with Crippen LogP contribution < -0.4 is 20.5 Å². The molecule has 26 heavy (non-hydrogen) atoms. The summed E-state index contributed by atoms with van der Waals surface area (Å²) in [6, 6.07) is 7.11. The van der Waals surface area contributed by atoms with Crippen LogP contribution in [0.5, 0.6) is 11.5 Å². The summed E-state index contributed by atoms with van der Waals surface area (Å²) in [6.45, 7) is 0.0570. The smallest absolute Gasteiger partial charge is 0.274 e. The Morgan fingerprint density at radius 1 is 1.31 bits per heavy atom. The van der Waals surface area contributed by atoms with E-state index in [0.717, 1.165) is 12.8 Å². The molecule has 0 radical (unpaired) electrons. The largest absolute Gasteiger partial charge is 0.497 e. The van der Waals surface area contributed by atoms with Crippen LogP contribution >= 0.6 is 0 Å². The standard InChI is InChI=1S/C18H21N3O5/c1-24-12-5-4-6-13(9-12)25-11-15-20-14(10-26-15)16(22)21-18(17(19)23)7-2-3-8-18/h4-6,9-10H,2-3,7-8,11H2,1H3,(H2,19,23)(H,21,22). The van der Waals surface area contributed by atoms with Crippen molar-refractivity contribution in [1.82, 2.24) is 10.3 Å². The zero-order valence-electron chi connectivity index (χ0n) is 14.5. The highest BCUT2D eigenvalue weighted by atomic mass is 16.5. The molecule has 1 aliphatic rings. The summed E-state index contributed by atoms with van der Waals surface area (Å²) in [5, 5.41) is 2.72. The number of nitrogens with two attached hydrogens (primary N) is 1. The lowest BCUT2D eigenvalue weighted by molar-refractivity contribution is -0.123. The maximum atomic E-state index is 12.4. The van der Waals surface area contributed by atoms with Gasteiger partial charge in [-0.15, -0.1) is 0 Å². The summed E-state index contributed by atoms with van der Waals surface area (Å²) >= 11 is 0. The summed E-state index contributed by atoms with van der Waals surface area (Å²) in [7, 11) is 1.57. The van der Waals surface area contributed by atoms with Gasteiger partial charge in [-0.1, -0.05) is 18.9 Å². The number of rotatable bonds is 7. The molecule has 138 valence electrons. The molecule has 1 heterocycles. The summed E-state index contributed by atoms with van der Waals surface area (Å²) in [5.74, 6) is 0.503. The first kappa shape index (κ1) is 17.8. The SMILES string of the molecule is COc1cccc(OCc2nc(C(=O)NC3(C(N)=O)CCCC3)co2)c1. The number of primary amides is 1. The average molecular weight is 359 g/mol. The molecule has 2 amide bonds. The van der Waals surface area contributed by atoms with Crippen LogP contribution in [0, 0.1) is 0 Å². The van der Waals surface area contributed by atoms with Crippen LogP contribution in [0.4, 0.5) is 0 Å². The molecule has 0 spiro atoms. The Balaban J connectivity index is 1.62. The number of amides is 2. The number of hydrogen-bond donors (Lipinski definition) is 2. The predicted octanol–water partition coefficient (Wildman–Crippen LogP) is 1.79. The Kier molecular flexibility index (Phi) is 5.11. The van der Waals surface area contributed by atoms with Crippen molar-refractivity contribution >= 4 is 11.8 Å². The minimum Gasteiger partial charge on any atom is -0.497 e. The Hall–Kier alpha value is -3.03. The van der Waals surface area contributed by atoms with Gasteiger partial charge in [-0.05, 0) is 25.0 Å². The lowest BCUT2D eigenvalue weighted by Gasteiger charge is -2.25. The van der Waals surface area contributed by atoms with Crippen LogP contribution in [-0.2, 0) is 11.4 Å². The molecule has 1 aliphatic carbocycles. The third-order valence-electron chi connectivity index (χ3n) is 4.47. The van der Waals surface area contributed by atoms with Gasteiger partial charge in [0.1, 0.15) is 23.3 Å². The highest BCUT2D eigenvalue weighted by Crippen LogP contribution is 2.29. The first-order valence-corrected chi connectivity index (χ1v) is 8.36. The number of ether oxygens (including phenoxy) is 2. The minimum atomic E-state index is -0.993. The van der Waals surface area contributed by atoms with Crippen molar-refractivity contribution in [3.63, 3.8) is 0 Å². The summed E-state index contributed by atoms with van der Waals surface area (Å²) < 4.78 is 16.0. The topological polar surface area (TPSA) is 117 Å². The van der Waals surface area contributed by atoms with Crippen LogP contribution in [-0.4, -0.2) is 29.4 Å².